The number of ether oxygens (including phenoxy) is 1. The Morgan fingerprint density at radius 3 is 2.92 bits per heavy atom. The summed E-state index contributed by atoms with van der Waals surface area (Å²) in [4.78, 5) is 14.3. The van der Waals surface area contributed by atoms with Crippen LogP contribution < -0.4 is 4.74 Å². The summed E-state index contributed by atoms with van der Waals surface area (Å²) in [6.45, 7) is 2.23. The molecule has 70 valence electrons. The molecule has 5 heteroatoms. The number of aromatic carboxylic acids is 1. The zero-order valence-corrected chi connectivity index (χ0v) is 7.71. The summed E-state index contributed by atoms with van der Waals surface area (Å²) in [7, 11) is 0. The van der Waals surface area contributed by atoms with Crippen molar-refractivity contribution < 1.29 is 14.6 Å². The van der Waals surface area contributed by atoms with Crippen molar-refractivity contribution in [3.63, 3.8) is 0 Å². The highest BCUT2D eigenvalue weighted by Gasteiger charge is 2.11. The molecule has 1 aromatic rings. The second-order valence-corrected chi connectivity index (χ2v) is 2.63. The van der Waals surface area contributed by atoms with Crippen LogP contribution in [0.5, 0.6) is 5.88 Å². The van der Waals surface area contributed by atoms with Crippen LogP contribution in [0.2, 0.25) is 5.02 Å². The van der Waals surface area contributed by atoms with Gasteiger partial charge in [-0.25, -0.2) is 9.78 Å². The van der Waals surface area contributed by atoms with E-state index >= 15 is 0 Å². The van der Waals surface area contributed by atoms with E-state index in [9.17, 15) is 4.79 Å². The lowest BCUT2D eigenvalue weighted by molar-refractivity contribution is 0.0689. The first-order valence-corrected chi connectivity index (χ1v) is 4.05. The van der Waals surface area contributed by atoms with Gasteiger partial charge in [0.15, 0.2) is 5.69 Å². The summed E-state index contributed by atoms with van der Waals surface area (Å²) in [6.07, 6.45) is 0. The third kappa shape index (κ3) is 2.32. The Balaban J connectivity index is 3.04. The van der Waals surface area contributed by atoms with Crippen LogP contribution in [0.4, 0.5) is 0 Å². The Morgan fingerprint density at radius 1 is 1.69 bits per heavy atom. The fourth-order valence-electron chi connectivity index (χ4n) is 0.802. The maximum atomic E-state index is 10.6. The number of rotatable bonds is 3. The van der Waals surface area contributed by atoms with Crippen LogP contribution in [0.3, 0.4) is 0 Å². The predicted octanol–water partition coefficient (Wildman–Crippen LogP) is 1.83. The van der Waals surface area contributed by atoms with Crippen LogP contribution in [0.1, 0.15) is 17.4 Å². The molecule has 0 fully saturated rings. The van der Waals surface area contributed by atoms with E-state index in [1.54, 1.807) is 6.92 Å². The number of pyridine rings is 1. The van der Waals surface area contributed by atoms with Crippen LogP contribution in [0.25, 0.3) is 0 Å². The number of nitrogens with zero attached hydrogens (tertiary/aromatic N) is 1. The quantitative estimate of drug-likeness (QED) is 0.811. The predicted molar refractivity (Wildman–Crippen MR) is 47.4 cm³/mol. The summed E-state index contributed by atoms with van der Waals surface area (Å²) in [5.74, 6) is -0.893. The number of carbonyl (C=O) groups is 1. The van der Waals surface area contributed by atoms with Gasteiger partial charge >= 0.3 is 5.97 Å². The van der Waals surface area contributed by atoms with Gasteiger partial charge < -0.3 is 9.84 Å². The second-order valence-electron chi connectivity index (χ2n) is 2.22. The van der Waals surface area contributed by atoms with E-state index in [0.29, 0.717) is 6.61 Å². The molecule has 1 rings (SSSR count). The molecule has 0 saturated carbocycles. The van der Waals surface area contributed by atoms with E-state index in [1.165, 1.54) is 12.1 Å². The largest absolute Gasteiger partial charge is 0.478 e. The average Bonchev–Trinajstić information content (AvgIpc) is 2.08. The van der Waals surface area contributed by atoms with Crippen molar-refractivity contribution in [3.05, 3.63) is 22.8 Å². The van der Waals surface area contributed by atoms with Crippen molar-refractivity contribution in [1.29, 1.82) is 0 Å². The minimum absolute atomic E-state index is 0.107. The van der Waals surface area contributed by atoms with Crippen molar-refractivity contribution in [2.24, 2.45) is 0 Å². The van der Waals surface area contributed by atoms with Gasteiger partial charge in [0, 0.05) is 6.07 Å². The molecule has 0 saturated heterocycles. The number of carboxylic acids is 1. The summed E-state index contributed by atoms with van der Waals surface area (Å²) < 4.78 is 5.02. The zero-order chi connectivity index (χ0) is 9.84. The molecule has 0 aromatic carbocycles. The summed E-state index contributed by atoms with van der Waals surface area (Å²) in [5.41, 5.74) is -0.187. The molecule has 1 aromatic heterocycles. The Hall–Kier alpha value is -1.29. The molecule has 0 unspecified atom stereocenters. The lowest BCUT2D eigenvalue weighted by atomic mass is 10.3. The number of hydrogen-bond acceptors (Lipinski definition) is 3. The number of aromatic nitrogens is 1. The molecule has 0 aliphatic heterocycles. The van der Waals surface area contributed by atoms with Crippen molar-refractivity contribution in [2.45, 2.75) is 6.92 Å². The van der Waals surface area contributed by atoms with E-state index in [4.69, 9.17) is 21.4 Å². The van der Waals surface area contributed by atoms with Crippen LogP contribution in [-0.2, 0) is 0 Å². The van der Waals surface area contributed by atoms with E-state index in [-0.39, 0.29) is 16.6 Å². The van der Waals surface area contributed by atoms with Gasteiger partial charge in [-0.15, -0.1) is 0 Å². The highest BCUT2D eigenvalue weighted by atomic mass is 35.5. The van der Waals surface area contributed by atoms with Crippen LogP contribution in [0, 0.1) is 0 Å². The first-order chi connectivity index (χ1) is 6.15. The molecule has 0 spiro atoms. The lowest BCUT2D eigenvalue weighted by Crippen LogP contribution is -2.03. The Kier molecular flexibility index (Phi) is 3.08. The summed E-state index contributed by atoms with van der Waals surface area (Å²) >= 11 is 5.59. The maximum Gasteiger partial charge on any atom is 0.356 e. The lowest BCUT2D eigenvalue weighted by Gasteiger charge is -2.03. The minimum atomic E-state index is -1.16. The monoisotopic (exact) mass is 201 g/mol. The third-order valence-corrected chi connectivity index (χ3v) is 1.62. The van der Waals surface area contributed by atoms with Crippen molar-refractivity contribution in [2.75, 3.05) is 6.61 Å². The molecular formula is C8H8ClNO3. The van der Waals surface area contributed by atoms with Crippen molar-refractivity contribution in [3.8, 4) is 5.88 Å². The molecule has 1 N–H and O–H groups in total. The van der Waals surface area contributed by atoms with Crippen molar-refractivity contribution in [1.82, 2.24) is 4.98 Å². The zero-order valence-electron chi connectivity index (χ0n) is 6.95. The molecular weight excluding hydrogens is 194 g/mol. The van der Waals surface area contributed by atoms with Crippen LogP contribution in [-0.4, -0.2) is 22.7 Å². The van der Waals surface area contributed by atoms with E-state index < -0.39 is 5.97 Å². The third-order valence-electron chi connectivity index (χ3n) is 1.32. The molecule has 0 bridgehead atoms. The normalized spacial score (nSPS) is 9.69. The first kappa shape index (κ1) is 9.80. The Labute approximate surface area is 80.1 Å². The van der Waals surface area contributed by atoms with E-state index in [0.717, 1.165) is 0 Å². The summed E-state index contributed by atoms with van der Waals surface area (Å²) in [6, 6.07) is 2.97. The SMILES string of the molecule is CCOc1ccc(Cl)c(C(=O)O)n1. The van der Waals surface area contributed by atoms with Crippen LogP contribution >= 0.6 is 11.6 Å². The van der Waals surface area contributed by atoms with Crippen LogP contribution in [0.15, 0.2) is 12.1 Å². The van der Waals surface area contributed by atoms with Gasteiger partial charge in [0.05, 0.1) is 11.6 Å². The van der Waals surface area contributed by atoms with Gasteiger partial charge in [-0.2, -0.15) is 0 Å². The number of carboxylic acid groups (broad SMARTS) is 1. The molecule has 0 atom stereocenters. The van der Waals surface area contributed by atoms with Gasteiger partial charge in [-0.05, 0) is 13.0 Å². The maximum absolute atomic E-state index is 10.6. The Bertz CT molecular complexity index is 327. The smallest absolute Gasteiger partial charge is 0.356 e. The Morgan fingerprint density at radius 2 is 2.38 bits per heavy atom. The number of halogens is 1. The average molecular weight is 202 g/mol. The molecule has 4 nitrogen and oxygen atoms in total. The van der Waals surface area contributed by atoms with Gasteiger partial charge in [-0.3, -0.25) is 0 Å². The first-order valence-electron chi connectivity index (χ1n) is 3.67. The highest BCUT2D eigenvalue weighted by molar-refractivity contribution is 6.33. The molecule has 0 aliphatic rings. The van der Waals surface area contributed by atoms with Gasteiger partial charge in [0.2, 0.25) is 5.88 Å². The fraction of sp³-hybridized carbons (Fsp3) is 0.250. The standard InChI is InChI=1S/C8H8ClNO3/c1-2-13-6-4-3-5(9)7(10-6)8(11)12/h3-4H,2H2,1H3,(H,11,12). The van der Waals surface area contributed by atoms with Gasteiger partial charge in [0.1, 0.15) is 0 Å². The summed E-state index contributed by atoms with van der Waals surface area (Å²) in [5, 5.41) is 8.76. The molecule has 13 heavy (non-hydrogen) atoms. The molecule has 0 radical (unpaired) electrons. The topological polar surface area (TPSA) is 59.4 Å². The van der Waals surface area contributed by atoms with Gasteiger partial charge in [0.25, 0.3) is 0 Å². The van der Waals surface area contributed by atoms with Crippen molar-refractivity contribution >= 4 is 17.6 Å². The molecule has 0 aliphatic carbocycles. The highest BCUT2D eigenvalue weighted by Crippen LogP contribution is 2.17. The fourth-order valence-corrected chi connectivity index (χ4v) is 0.989. The minimum Gasteiger partial charge on any atom is -0.478 e. The second kappa shape index (κ2) is 4.09. The number of hydrogen-bond donors (Lipinski definition) is 1. The molecule has 0 amide bonds. The molecule has 1 heterocycles. The van der Waals surface area contributed by atoms with Gasteiger partial charge in [-0.1, -0.05) is 11.6 Å². The van der Waals surface area contributed by atoms with E-state index in [1.807, 2.05) is 0 Å². The van der Waals surface area contributed by atoms with E-state index in [2.05, 4.69) is 4.98 Å².